The highest BCUT2D eigenvalue weighted by Crippen LogP contribution is 2.43. The first kappa shape index (κ1) is 46.7. The van der Waals surface area contributed by atoms with Gasteiger partial charge in [0.05, 0.1) is 12.2 Å². The number of carbonyl (C=O) groups is 2. The van der Waals surface area contributed by atoms with Gasteiger partial charge >= 0.3 is 11.9 Å². The van der Waals surface area contributed by atoms with Crippen LogP contribution in [0.2, 0.25) is 33.2 Å². The third kappa shape index (κ3) is 12.4. The first-order valence-electron chi connectivity index (χ1n) is 20.8. The molecule has 0 bridgehead atoms. The van der Waals surface area contributed by atoms with Crippen LogP contribution >= 0.6 is 0 Å². The molecule has 0 aliphatic carbocycles. The van der Waals surface area contributed by atoms with Crippen molar-refractivity contribution in [2.45, 2.75) is 149 Å². The van der Waals surface area contributed by atoms with Gasteiger partial charge in [0.1, 0.15) is 23.0 Å². The molecule has 0 aliphatic heterocycles. The van der Waals surface area contributed by atoms with Gasteiger partial charge in [-0.15, -0.1) is 0 Å². The number of rotatable bonds is 22. The molecule has 0 unspecified atom stereocenters. The number of hydrogen-bond donors (Lipinski definition) is 0. The highest BCUT2D eigenvalue weighted by molar-refractivity contribution is 6.78. The van der Waals surface area contributed by atoms with Crippen molar-refractivity contribution in [3.63, 3.8) is 0 Å². The van der Waals surface area contributed by atoms with Crippen LogP contribution in [0.5, 0.6) is 23.0 Å². The fraction of sp³-hybridized carbons (Fsp3) is 0.532. The summed E-state index contributed by atoms with van der Waals surface area (Å²) >= 11 is 0. The SMILES string of the molecule is Cc1cc(OC(=O)c2ccc(O[Si](C(C)C)(C(C)C)C(C)C)cc2)ccc1OC(=O)/C=C/c1ccc(OCCCCCCO[Si](C(C)C)(C(C)C)C(C)C)cc1. The summed E-state index contributed by atoms with van der Waals surface area (Å²) in [5.41, 5.74) is 5.13. The average Bonchev–Trinajstić information content (AvgIpc) is 3.13. The summed E-state index contributed by atoms with van der Waals surface area (Å²) in [7, 11) is -3.89. The minimum atomic E-state index is -2.10. The van der Waals surface area contributed by atoms with Gasteiger partial charge in [0.15, 0.2) is 8.32 Å². The van der Waals surface area contributed by atoms with Gasteiger partial charge in [-0.1, -0.05) is 102 Å². The molecule has 0 heterocycles. The van der Waals surface area contributed by atoms with Gasteiger partial charge in [0.25, 0.3) is 8.32 Å². The van der Waals surface area contributed by atoms with E-state index in [1.807, 2.05) is 36.4 Å². The third-order valence-corrected chi connectivity index (χ3v) is 23.4. The summed E-state index contributed by atoms with van der Waals surface area (Å²) in [6, 6.07) is 19.8. The van der Waals surface area contributed by atoms with Gasteiger partial charge in [-0.2, -0.15) is 0 Å². The van der Waals surface area contributed by atoms with Gasteiger partial charge in [-0.05, 0) is 131 Å². The van der Waals surface area contributed by atoms with Crippen molar-refractivity contribution in [3.8, 4) is 23.0 Å². The Labute approximate surface area is 340 Å². The monoisotopic (exact) mass is 802 g/mol. The summed E-state index contributed by atoms with van der Waals surface area (Å²) in [6.07, 6.45) is 7.45. The van der Waals surface area contributed by atoms with E-state index in [-0.39, 0.29) is 0 Å². The van der Waals surface area contributed by atoms with Crippen LogP contribution in [0.1, 0.15) is 130 Å². The molecular formula is C47H70O7Si2. The maximum absolute atomic E-state index is 13.0. The van der Waals surface area contributed by atoms with Crippen LogP contribution in [0.25, 0.3) is 6.08 Å². The van der Waals surface area contributed by atoms with Crippen LogP contribution in [0.15, 0.2) is 72.8 Å². The molecule has 0 N–H and O–H groups in total. The minimum absolute atomic E-state index is 0.365. The second-order valence-electron chi connectivity index (χ2n) is 17.0. The summed E-state index contributed by atoms with van der Waals surface area (Å²) in [4.78, 5) is 25.6. The lowest BCUT2D eigenvalue weighted by Crippen LogP contribution is -2.50. The predicted molar refractivity (Wildman–Crippen MR) is 236 cm³/mol. The molecule has 56 heavy (non-hydrogen) atoms. The number of hydrogen-bond acceptors (Lipinski definition) is 7. The Balaban J connectivity index is 1.43. The lowest BCUT2D eigenvalue weighted by molar-refractivity contribution is -0.128. The quantitative estimate of drug-likeness (QED) is 0.0329. The normalized spacial score (nSPS) is 12.5. The number of unbranched alkanes of at least 4 members (excludes halogenated alkanes) is 3. The van der Waals surface area contributed by atoms with E-state index in [1.165, 1.54) is 6.08 Å². The molecule has 0 aliphatic rings. The number of aryl methyl sites for hydroxylation is 1. The molecule has 308 valence electrons. The van der Waals surface area contributed by atoms with Crippen LogP contribution in [-0.2, 0) is 9.22 Å². The molecule has 0 amide bonds. The first-order chi connectivity index (χ1) is 26.4. The molecule has 0 atom stereocenters. The summed E-state index contributed by atoms with van der Waals surface area (Å²) < 4.78 is 30.6. The molecule has 0 radical (unpaired) electrons. The number of benzene rings is 3. The van der Waals surface area contributed by atoms with Gasteiger partial charge in [-0.25, -0.2) is 9.59 Å². The van der Waals surface area contributed by atoms with Crippen molar-refractivity contribution in [3.05, 3.63) is 89.5 Å². The average molecular weight is 803 g/mol. The Morgan fingerprint density at radius 2 is 1.07 bits per heavy atom. The van der Waals surface area contributed by atoms with Gasteiger partial charge < -0.3 is 23.1 Å². The van der Waals surface area contributed by atoms with Crippen molar-refractivity contribution in [1.29, 1.82) is 0 Å². The molecule has 3 aromatic rings. The summed E-state index contributed by atoms with van der Waals surface area (Å²) in [6.45, 7) is 30.8. The highest BCUT2D eigenvalue weighted by Gasteiger charge is 2.47. The molecule has 0 saturated heterocycles. The zero-order valence-corrected chi connectivity index (χ0v) is 38.6. The molecule has 0 spiro atoms. The molecular weight excluding hydrogens is 733 g/mol. The molecule has 3 aromatic carbocycles. The molecule has 0 aromatic heterocycles. The van der Waals surface area contributed by atoms with Crippen molar-refractivity contribution in [2.24, 2.45) is 0 Å². The van der Waals surface area contributed by atoms with E-state index in [4.69, 9.17) is 23.1 Å². The molecule has 7 nitrogen and oxygen atoms in total. The molecule has 0 fully saturated rings. The van der Waals surface area contributed by atoms with E-state index in [0.29, 0.717) is 62.5 Å². The van der Waals surface area contributed by atoms with Crippen LogP contribution in [0, 0.1) is 6.92 Å². The largest absolute Gasteiger partial charge is 0.543 e. The second-order valence-corrected chi connectivity index (χ2v) is 27.8. The highest BCUT2D eigenvalue weighted by atomic mass is 28.4. The zero-order chi connectivity index (χ0) is 41.6. The van der Waals surface area contributed by atoms with Crippen LogP contribution in [0.4, 0.5) is 0 Å². The minimum Gasteiger partial charge on any atom is -0.543 e. The van der Waals surface area contributed by atoms with E-state index in [1.54, 1.807) is 43.3 Å². The third-order valence-electron chi connectivity index (χ3n) is 11.3. The van der Waals surface area contributed by atoms with Crippen molar-refractivity contribution in [2.75, 3.05) is 13.2 Å². The van der Waals surface area contributed by atoms with E-state index < -0.39 is 28.6 Å². The maximum atomic E-state index is 13.0. The van der Waals surface area contributed by atoms with Crippen LogP contribution in [-0.4, -0.2) is 41.8 Å². The van der Waals surface area contributed by atoms with Crippen molar-refractivity contribution >= 4 is 34.6 Å². The van der Waals surface area contributed by atoms with E-state index >= 15 is 0 Å². The molecule has 9 heteroatoms. The Morgan fingerprint density at radius 1 is 0.571 bits per heavy atom. The van der Waals surface area contributed by atoms with E-state index in [2.05, 4.69) is 83.1 Å². The fourth-order valence-corrected chi connectivity index (χ4v) is 19.4. The Morgan fingerprint density at radius 3 is 1.59 bits per heavy atom. The second kappa shape index (κ2) is 21.7. The van der Waals surface area contributed by atoms with Gasteiger partial charge in [-0.3, -0.25) is 0 Å². The van der Waals surface area contributed by atoms with Crippen molar-refractivity contribution in [1.82, 2.24) is 0 Å². The first-order valence-corrected chi connectivity index (χ1v) is 25.1. The Kier molecular flexibility index (Phi) is 18.1. The summed E-state index contributed by atoms with van der Waals surface area (Å²) in [5.74, 6) is 1.36. The van der Waals surface area contributed by atoms with Crippen molar-refractivity contribution < 1.29 is 32.7 Å². The van der Waals surface area contributed by atoms with Gasteiger partial charge in [0.2, 0.25) is 0 Å². The smallest absolute Gasteiger partial charge is 0.343 e. The maximum Gasteiger partial charge on any atom is 0.343 e. The molecule has 0 saturated carbocycles. The lowest BCUT2D eigenvalue weighted by atomic mass is 10.2. The lowest BCUT2D eigenvalue weighted by Gasteiger charge is -2.42. The van der Waals surface area contributed by atoms with Crippen LogP contribution < -0.4 is 18.6 Å². The standard InChI is InChI=1S/C47H70O7Si2/c1-33(2)55(34(3)4,35(5)6)51-31-17-15-14-16-30-50-42-23-18-40(19-24-42)20-29-46(48)53-45-28-27-44(32-39(45)13)52-47(49)41-21-25-43(26-22-41)54-56(36(7)8,37(9)10)38(11)12/h18-29,32-38H,14-17,30-31H2,1-13H3/b29-20+. The molecule has 3 rings (SSSR count). The van der Waals surface area contributed by atoms with Crippen LogP contribution in [0.3, 0.4) is 0 Å². The Hall–Kier alpha value is -3.67. The topological polar surface area (TPSA) is 80.3 Å². The van der Waals surface area contributed by atoms with Gasteiger partial charge in [0, 0.05) is 12.7 Å². The zero-order valence-electron chi connectivity index (χ0n) is 36.6. The predicted octanol–water partition coefficient (Wildman–Crippen LogP) is 13.5. The van der Waals surface area contributed by atoms with E-state index in [9.17, 15) is 9.59 Å². The Bertz CT molecular complexity index is 1650. The number of esters is 2. The fourth-order valence-electron chi connectivity index (χ4n) is 8.66. The summed E-state index contributed by atoms with van der Waals surface area (Å²) in [5, 5.41) is 0. The number of carbonyl (C=O) groups excluding carboxylic acids is 2. The number of ether oxygens (including phenoxy) is 3. The van der Waals surface area contributed by atoms with E-state index in [0.717, 1.165) is 49.4 Å².